The van der Waals surface area contributed by atoms with Crippen LogP contribution in [0.25, 0.3) is 0 Å². The molecule has 0 saturated carbocycles. The summed E-state index contributed by atoms with van der Waals surface area (Å²) in [5, 5.41) is 3.81. The highest BCUT2D eigenvalue weighted by molar-refractivity contribution is 9.10. The fourth-order valence-electron chi connectivity index (χ4n) is 1.70. The van der Waals surface area contributed by atoms with Gasteiger partial charge in [0.15, 0.2) is 0 Å². The van der Waals surface area contributed by atoms with Crippen LogP contribution < -0.4 is 10.1 Å². The van der Waals surface area contributed by atoms with Crippen LogP contribution in [-0.2, 0) is 6.54 Å². The fourth-order valence-corrected chi connectivity index (χ4v) is 2.20. The second kappa shape index (κ2) is 7.73. The summed E-state index contributed by atoms with van der Waals surface area (Å²) in [4.78, 5) is 4.35. The number of benzene rings is 1. The van der Waals surface area contributed by atoms with Gasteiger partial charge < -0.3 is 10.1 Å². The van der Waals surface area contributed by atoms with E-state index in [9.17, 15) is 4.39 Å². The molecule has 2 aromatic rings. The molecule has 112 valence electrons. The van der Waals surface area contributed by atoms with E-state index in [0.717, 1.165) is 13.0 Å². The normalized spacial score (nSPS) is 10.7. The largest absolute Gasteiger partial charge is 0.438 e. The number of pyridine rings is 1. The molecule has 21 heavy (non-hydrogen) atoms. The zero-order valence-electron chi connectivity index (χ0n) is 11.5. The molecule has 1 aromatic heterocycles. The summed E-state index contributed by atoms with van der Waals surface area (Å²) in [6.07, 6.45) is 1.03. The maximum Gasteiger partial charge on any atom is 0.219 e. The molecule has 6 heteroatoms. The molecular weight excluding hydrogens is 359 g/mol. The van der Waals surface area contributed by atoms with Gasteiger partial charge in [-0.3, -0.25) is 0 Å². The van der Waals surface area contributed by atoms with E-state index in [4.69, 9.17) is 16.3 Å². The molecule has 0 aliphatic heterocycles. The minimum atomic E-state index is -0.369. The smallest absolute Gasteiger partial charge is 0.219 e. The number of nitrogens with zero attached hydrogens (tertiary/aromatic N) is 1. The summed E-state index contributed by atoms with van der Waals surface area (Å²) >= 11 is 9.42. The number of ether oxygens (including phenoxy) is 1. The van der Waals surface area contributed by atoms with Gasteiger partial charge in [-0.1, -0.05) is 18.5 Å². The lowest BCUT2D eigenvalue weighted by atomic mass is 10.3. The van der Waals surface area contributed by atoms with Gasteiger partial charge in [-0.15, -0.1) is 0 Å². The van der Waals surface area contributed by atoms with Gasteiger partial charge in [-0.2, -0.15) is 0 Å². The third kappa shape index (κ3) is 4.66. The molecule has 1 N–H and O–H groups in total. The maximum atomic E-state index is 13.2. The van der Waals surface area contributed by atoms with Gasteiger partial charge in [0, 0.05) is 18.7 Å². The third-order valence-electron chi connectivity index (χ3n) is 2.72. The van der Waals surface area contributed by atoms with E-state index in [0.29, 0.717) is 33.4 Å². The van der Waals surface area contributed by atoms with Gasteiger partial charge in [0.05, 0.1) is 15.2 Å². The zero-order valence-corrected chi connectivity index (χ0v) is 13.8. The third-order valence-corrected chi connectivity index (χ3v) is 3.72. The maximum absolute atomic E-state index is 13.2. The van der Waals surface area contributed by atoms with E-state index in [2.05, 4.69) is 33.2 Å². The summed E-state index contributed by atoms with van der Waals surface area (Å²) in [6.45, 7) is 3.54. The van der Waals surface area contributed by atoms with Crippen molar-refractivity contribution in [2.75, 3.05) is 6.54 Å². The number of hydrogen-bond donors (Lipinski definition) is 1. The van der Waals surface area contributed by atoms with Gasteiger partial charge in [0.1, 0.15) is 11.6 Å². The summed E-state index contributed by atoms with van der Waals surface area (Å²) < 4.78 is 19.5. The molecule has 2 rings (SSSR count). The van der Waals surface area contributed by atoms with Gasteiger partial charge in [-0.05, 0) is 47.1 Å². The highest BCUT2D eigenvalue weighted by Crippen LogP contribution is 2.30. The molecular formula is C15H15BrClFN2O. The summed E-state index contributed by atoms with van der Waals surface area (Å²) in [5.74, 6) is 0.378. The standard InChI is InChI=1S/C15H15BrClFN2O/c1-2-7-19-9-13-12(17)5-6-15(20-13)21-14-8-10(18)3-4-11(14)16/h3-6,8,19H,2,7,9H2,1H3. The Balaban J connectivity index is 2.16. The van der Waals surface area contributed by atoms with Crippen molar-refractivity contribution in [2.45, 2.75) is 19.9 Å². The van der Waals surface area contributed by atoms with E-state index >= 15 is 0 Å². The predicted molar refractivity (Wildman–Crippen MR) is 85.4 cm³/mol. The zero-order chi connectivity index (χ0) is 15.2. The molecule has 0 bridgehead atoms. The first kappa shape index (κ1) is 16.2. The van der Waals surface area contributed by atoms with E-state index < -0.39 is 0 Å². The van der Waals surface area contributed by atoms with Crippen molar-refractivity contribution >= 4 is 27.5 Å². The van der Waals surface area contributed by atoms with Crippen LogP contribution in [0, 0.1) is 5.82 Å². The Kier molecular flexibility index (Phi) is 5.96. The Hall–Kier alpha value is -1.17. The topological polar surface area (TPSA) is 34.2 Å². The number of hydrogen-bond acceptors (Lipinski definition) is 3. The van der Waals surface area contributed by atoms with Crippen molar-refractivity contribution in [3.05, 3.63) is 51.3 Å². The van der Waals surface area contributed by atoms with Crippen LogP contribution in [0.1, 0.15) is 19.0 Å². The Labute approximate surface area is 136 Å². The predicted octanol–water partition coefficient (Wildman–Crippen LogP) is 4.93. The first-order valence-corrected chi connectivity index (χ1v) is 7.76. The summed E-state index contributed by atoms with van der Waals surface area (Å²) in [5.41, 5.74) is 0.704. The van der Waals surface area contributed by atoms with E-state index in [-0.39, 0.29) is 5.82 Å². The van der Waals surface area contributed by atoms with Crippen LogP contribution >= 0.6 is 27.5 Å². The molecule has 1 aromatic carbocycles. The second-order valence-electron chi connectivity index (χ2n) is 4.43. The molecule has 0 radical (unpaired) electrons. The average Bonchev–Trinajstić information content (AvgIpc) is 2.46. The van der Waals surface area contributed by atoms with Crippen molar-refractivity contribution in [2.24, 2.45) is 0 Å². The summed E-state index contributed by atoms with van der Waals surface area (Å²) in [7, 11) is 0. The number of nitrogens with one attached hydrogen (secondary N) is 1. The molecule has 0 unspecified atom stereocenters. The first-order valence-electron chi connectivity index (χ1n) is 6.59. The van der Waals surface area contributed by atoms with Gasteiger partial charge in [-0.25, -0.2) is 9.37 Å². The first-order chi connectivity index (χ1) is 10.1. The van der Waals surface area contributed by atoms with Crippen molar-refractivity contribution in [1.82, 2.24) is 10.3 Å². The van der Waals surface area contributed by atoms with Crippen molar-refractivity contribution in [3.63, 3.8) is 0 Å². The molecule has 0 aliphatic rings. The van der Waals surface area contributed by atoms with Crippen molar-refractivity contribution in [3.8, 4) is 11.6 Å². The van der Waals surface area contributed by atoms with Crippen LogP contribution in [0.15, 0.2) is 34.8 Å². The van der Waals surface area contributed by atoms with Crippen molar-refractivity contribution < 1.29 is 9.13 Å². The highest BCUT2D eigenvalue weighted by Gasteiger charge is 2.08. The molecule has 0 aliphatic carbocycles. The fraction of sp³-hybridized carbons (Fsp3) is 0.267. The van der Waals surface area contributed by atoms with E-state index in [1.54, 1.807) is 18.2 Å². The summed E-state index contributed by atoms with van der Waals surface area (Å²) in [6, 6.07) is 7.62. The number of rotatable bonds is 6. The van der Waals surface area contributed by atoms with Gasteiger partial charge in [0.2, 0.25) is 5.88 Å². The molecule has 3 nitrogen and oxygen atoms in total. The SMILES string of the molecule is CCCNCc1nc(Oc2cc(F)ccc2Br)ccc1Cl. The lowest BCUT2D eigenvalue weighted by Gasteiger charge is -2.10. The van der Waals surface area contributed by atoms with Crippen LogP contribution in [0.2, 0.25) is 5.02 Å². The molecule has 1 heterocycles. The lowest BCUT2D eigenvalue weighted by molar-refractivity contribution is 0.452. The minimum Gasteiger partial charge on any atom is -0.438 e. The molecule has 0 spiro atoms. The quantitative estimate of drug-likeness (QED) is 0.729. The Morgan fingerprint density at radius 3 is 2.90 bits per heavy atom. The Morgan fingerprint density at radius 2 is 2.14 bits per heavy atom. The van der Waals surface area contributed by atoms with E-state index in [1.165, 1.54) is 12.1 Å². The highest BCUT2D eigenvalue weighted by atomic mass is 79.9. The lowest BCUT2D eigenvalue weighted by Crippen LogP contribution is -2.15. The molecule has 0 atom stereocenters. The second-order valence-corrected chi connectivity index (χ2v) is 5.69. The average molecular weight is 374 g/mol. The number of halogens is 3. The molecule has 0 amide bonds. The Morgan fingerprint density at radius 1 is 1.33 bits per heavy atom. The number of aromatic nitrogens is 1. The molecule has 0 fully saturated rings. The van der Waals surface area contributed by atoms with Crippen LogP contribution in [0.5, 0.6) is 11.6 Å². The van der Waals surface area contributed by atoms with E-state index in [1.807, 2.05) is 0 Å². The van der Waals surface area contributed by atoms with Crippen molar-refractivity contribution in [1.29, 1.82) is 0 Å². The Bertz CT molecular complexity index is 625. The van der Waals surface area contributed by atoms with Crippen LogP contribution in [0.4, 0.5) is 4.39 Å². The minimum absolute atomic E-state index is 0.369. The monoisotopic (exact) mass is 372 g/mol. The van der Waals surface area contributed by atoms with Gasteiger partial charge >= 0.3 is 0 Å². The van der Waals surface area contributed by atoms with Crippen LogP contribution in [0.3, 0.4) is 0 Å². The van der Waals surface area contributed by atoms with Gasteiger partial charge in [0.25, 0.3) is 0 Å². The van der Waals surface area contributed by atoms with Crippen LogP contribution in [-0.4, -0.2) is 11.5 Å². The molecule has 0 saturated heterocycles.